The summed E-state index contributed by atoms with van der Waals surface area (Å²) >= 11 is 9.13. The predicted octanol–water partition coefficient (Wildman–Crippen LogP) is 4.29. The molecule has 0 aliphatic carbocycles. The Morgan fingerprint density at radius 2 is 1.68 bits per heavy atom. The van der Waals surface area contributed by atoms with Gasteiger partial charge in [0.15, 0.2) is 5.78 Å². The quantitative estimate of drug-likeness (QED) is 0.812. The Balaban J connectivity index is 1.84. The number of benzene rings is 2. The van der Waals surface area contributed by atoms with Crippen LogP contribution in [0.3, 0.4) is 0 Å². The second kappa shape index (κ2) is 6.73. The molecule has 2 aromatic rings. The second-order valence-corrected chi connectivity index (χ2v) is 5.44. The third-order valence-electron chi connectivity index (χ3n) is 2.53. The van der Waals surface area contributed by atoms with Gasteiger partial charge in [-0.1, -0.05) is 39.7 Å². The molecular weight excluding hydrogens is 328 g/mol. The lowest BCUT2D eigenvalue weighted by atomic mass is 10.1. The van der Waals surface area contributed by atoms with Gasteiger partial charge in [0.1, 0.15) is 12.4 Å². The van der Waals surface area contributed by atoms with Gasteiger partial charge in [0.05, 0.1) is 0 Å². The molecule has 0 amide bonds. The maximum absolute atomic E-state index is 11.8. The monoisotopic (exact) mass is 338 g/mol. The summed E-state index contributed by atoms with van der Waals surface area (Å²) in [6.45, 7) is 0.0672. The van der Waals surface area contributed by atoms with E-state index in [-0.39, 0.29) is 12.4 Å². The van der Waals surface area contributed by atoms with Crippen molar-refractivity contribution in [3.8, 4) is 5.75 Å². The Morgan fingerprint density at radius 3 is 2.32 bits per heavy atom. The fourth-order valence-corrected chi connectivity index (χ4v) is 1.97. The van der Waals surface area contributed by atoms with Crippen LogP contribution >= 0.6 is 27.5 Å². The highest BCUT2D eigenvalue weighted by atomic mass is 79.9. The van der Waals surface area contributed by atoms with Crippen molar-refractivity contribution in [2.45, 2.75) is 6.42 Å². The summed E-state index contributed by atoms with van der Waals surface area (Å²) in [7, 11) is 0. The largest absolute Gasteiger partial charge is 0.486 e. The van der Waals surface area contributed by atoms with E-state index in [0.29, 0.717) is 17.2 Å². The van der Waals surface area contributed by atoms with E-state index in [1.807, 2.05) is 24.3 Å². The van der Waals surface area contributed by atoms with Gasteiger partial charge in [-0.3, -0.25) is 4.79 Å². The highest BCUT2D eigenvalue weighted by molar-refractivity contribution is 9.10. The van der Waals surface area contributed by atoms with E-state index in [2.05, 4.69) is 15.9 Å². The molecule has 0 heterocycles. The summed E-state index contributed by atoms with van der Waals surface area (Å²) < 4.78 is 6.40. The van der Waals surface area contributed by atoms with Crippen LogP contribution in [0.5, 0.6) is 5.75 Å². The number of Topliss-reactive ketones (excluding diaryl/α,β-unsaturated/α-hetero) is 1. The summed E-state index contributed by atoms with van der Waals surface area (Å²) in [4.78, 5) is 11.8. The fourth-order valence-electron chi connectivity index (χ4n) is 1.58. The van der Waals surface area contributed by atoms with Crippen molar-refractivity contribution in [2.75, 3.05) is 6.61 Å². The third-order valence-corrected chi connectivity index (χ3v) is 3.31. The lowest BCUT2D eigenvalue weighted by Crippen LogP contribution is -2.13. The zero-order valence-corrected chi connectivity index (χ0v) is 12.4. The number of carbonyl (C=O) groups is 1. The number of hydrogen-bond donors (Lipinski definition) is 0. The minimum atomic E-state index is 0.0391. The molecule has 19 heavy (non-hydrogen) atoms. The molecule has 0 spiro atoms. The Bertz CT molecular complexity index is 549. The first-order valence-corrected chi connectivity index (χ1v) is 6.95. The summed E-state index contributed by atoms with van der Waals surface area (Å²) in [5.41, 5.74) is 0.980. The Labute approximate surface area is 125 Å². The molecule has 0 bridgehead atoms. The number of ether oxygens (including phenoxy) is 1. The average Bonchev–Trinajstić information content (AvgIpc) is 2.41. The van der Waals surface area contributed by atoms with Crippen LogP contribution in [0.15, 0.2) is 53.0 Å². The van der Waals surface area contributed by atoms with Crippen LogP contribution in [-0.4, -0.2) is 12.4 Å². The van der Waals surface area contributed by atoms with E-state index in [4.69, 9.17) is 16.3 Å². The second-order valence-electron chi connectivity index (χ2n) is 4.08. The van der Waals surface area contributed by atoms with Gasteiger partial charge < -0.3 is 4.74 Å². The van der Waals surface area contributed by atoms with Crippen LogP contribution < -0.4 is 4.74 Å². The van der Waals surface area contributed by atoms with E-state index in [1.54, 1.807) is 24.3 Å². The first kappa shape index (κ1) is 14.1. The number of carbonyl (C=O) groups excluding carboxylic acids is 1. The normalized spacial score (nSPS) is 10.2. The SMILES string of the molecule is O=C(COc1ccc(Cl)cc1)Cc1ccc(Br)cc1. The molecule has 2 nitrogen and oxygen atoms in total. The summed E-state index contributed by atoms with van der Waals surface area (Å²) in [6.07, 6.45) is 0.376. The van der Waals surface area contributed by atoms with E-state index < -0.39 is 0 Å². The molecule has 0 aliphatic rings. The third kappa shape index (κ3) is 4.69. The molecule has 0 saturated carbocycles. The van der Waals surface area contributed by atoms with Crippen molar-refractivity contribution in [3.05, 3.63) is 63.6 Å². The maximum Gasteiger partial charge on any atom is 0.174 e. The maximum atomic E-state index is 11.8. The van der Waals surface area contributed by atoms with Gasteiger partial charge in [0.25, 0.3) is 0 Å². The molecule has 0 N–H and O–H groups in total. The Morgan fingerprint density at radius 1 is 1.05 bits per heavy atom. The van der Waals surface area contributed by atoms with E-state index in [0.717, 1.165) is 10.0 Å². The standard InChI is InChI=1S/C15H12BrClO2/c16-12-3-1-11(2-4-12)9-14(18)10-19-15-7-5-13(17)6-8-15/h1-8H,9-10H2. The molecule has 0 saturated heterocycles. The average molecular weight is 340 g/mol. The van der Waals surface area contributed by atoms with Gasteiger partial charge in [-0.15, -0.1) is 0 Å². The molecule has 0 radical (unpaired) electrons. The van der Waals surface area contributed by atoms with Crippen LogP contribution in [0.2, 0.25) is 5.02 Å². The van der Waals surface area contributed by atoms with Crippen molar-refractivity contribution in [1.29, 1.82) is 0 Å². The lowest BCUT2D eigenvalue weighted by molar-refractivity contribution is -0.120. The summed E-state index contributed by atoms with van der Waals surface area (Å²) in [5.74, 6) is 0.686. The van der Waals surface area contributed by atoms with E-state index in [9.17, 15) is 4.79 Å². The highest BCUT2D eigenvalue weighted by Gasteiger charge is 2.05. The Hall–Kier alpha value is -1.32. The number of ketones is 1. The van der Waals surface area contributed by atoms with Crippen molar-refractivity contribution in [3.63, 3.8) is 0 Å². The van der Waals surface area contributed by atoms with Gasteiger partial charge >= 0.3 is 0 Å². The van der Waals surface area contributed by atoms with Crippen LogP contribution in [0.1, 0.15) is 5.56 Å². The molecule has 2 aromatic carbocycles. The molecule has 0 atom stereocenters. The minimum absolute atomic E-state index is 0.0391. The zero-order valence-electron chi connectivity index (χ0n) is 10.1. The molecule has 2 rings (SSSR count). The van der Waals surface area contributed by atoms with Crippen molar-refractivity contribution >= 4 is 33.3 Å². The molecule has 98 valence electrons. The predicted molar refractivity (Wildman–Crippen MR) is 79.8 cm³/mol. The smallest absolute Gasteiger partial charge is 0.174 e. The fraction of sp³-hybridized carbons (Fsp3) is 0.133. The highest BCUT2D eigenvalue weighted by Crippen LogP contribution is 2.16. The van der Waals surface area contributed by atoms with E-state index >= 15 is 0 Å². The van der Waals surface area contributed by atoms with Gasteiger partial charge in [0, 0.05) is 15.9 Å². The van der Waals surface area contributed by atoms with E-state index in [1.165, 1.54) is 0 Å². The van der Waals surface area contributed by atoms with Gasteiger partial charge in [0.2, 0.25) is 0 Å². The lowest BCUT2D eigenvalue weighted by Gasteiger charge is -2.05. The van der Waals surface area contributed by atoms with Crippen LogP contribution in [0.4, 0.5) is 0 Å². The van der Waals surface area contributed by atoms with Crippen LogP contribution in [0, 0.1) is 0 Å². The molecule has 0 aromatic heterocycles. The van der Waals surface area contributed by atoms with Gasteiger partial charge in [-0.25, -0.2) is 0 Å². The first-order chi connectivity index (χ1) is 9.13. The molecule has 0 aliphatic heterocycles. The zero-order chi connectivity index (χ0) is 13.7. The molecule has 0 unspecified atom stereocenters. The first-order valence-electron chi connectivity index (χ1n) is 5.78. The summed E-state index contributed by atoms with van der Waals surface area (Å²) in [5, 5.41) is 0.647. The molecular formula is C15H12BrClO2. The summed E-state index contributed by atoms with van der Waals surface area (Å²) in [6, 6.07) is 14.6. The number of hydrogen-bond acceptors (Lipinski definition) is 2. The number of halogens is 2. The number of rotatable bonds is 5. The Kier molecular flexibility index (Phi) is 5.00. The molecule has 4 heteroatoms. The molecule has 0 fully saturated rings. The van der Waals surface area contributed by atoms with Crippen molar-refractivity contribution in [2.24, 2.45) is 0 Å². The van der Waals surface area contributed by atoms with Crippen LogP contribution in [0.25, 0.3) is 0 Å². The minimum Gasteiger partial charge on any atom is -0.486 e. The van der Waals surface area contributed by atoms with Crippen molar-refractivity contribution < 1.29 is 9.53 Å². The topological polar surface area (TPSA) is 26.3 Å². The van der Waals surface area contributed by atoms with Gasteiger partial charge in [-0.2, -0.15) is 0 Å². The van der Waals surface area contributed by atoms with Crippen molar-refractivity contribution in [1.82, 2.24) is 0 Å². The van der Waals surface area contributed by atoms with Gasteiger partial charge in [-0.05, 0) is 42.0 Å². The van der Waals surface area contributed by atoms with Crippen LogP contribution in [-0.2, 0) is 11.2 Å².